The van der Waals surface area contributed by atoms with Crippen LogP contribution >= 0.6 is 15.9 Å². The van der Waals surface area contributed by atoms with Crippen LogP contribution in [0.4, 0.5) is 13.2 Å². The van der Waals surface area contributed by atoms with E-state index in [4.69, 9.17) is 6.57 Å². The van der Waals surface area contributed by atoms with Crippen molar-refractivity contribution >= 4 is 15.9 Å². The van der Waals surface area contributed by atoms with Gasteiger partial charge >= 0.3 is 12.2 Å². The summed E-state index contributed by atoms with van der Waals surface area (Å²) >= 11 is 3.11. The SMILES string of the molecule is [C-]#[N+]C(c1ccc(Br)cc1)C(F)(F)F. The van der Waals surface area contributed by atoms with Crippen molar-refractivity contribution in [2.24, 2.45) is 0 Å². The fraction of sp³-hybridized carbons (Fsp3) is 0.222. The van der Waals surface area contributed by atoms with E-state index in [1.54, 1.807) is 0 Å². The maximum Gasteiger partial charge on any atom is 0.470 e. The highest BCUT2D eigenvalue weighted by atomic mass is 79.9. The van der Waals surface area contributed by atoms with Crippen LogP contribution in [-0.2, 0) is 0 Å². The molecule has 1 nitrogen and oxygen atoms in total. The van der Waals surface area contributed by atoms with Crippen molar-refractivity contribution < 1.29 is 13.2 Å². The van der Waals surface area contributed by atoms with Gasteiger partial charge in [-0.25, -0.2) is 6.57 Å². The van der Waals surface area contributed by atoms with Gasteiger partial charge in [0.1, 0.15) is 0 Å². The third-order valence-electron chi connectivity index (χ3n) is 1.62. The van der Waals surface area contributed by atoms with Gasteiger partial charge in [0.15, 0.2) is 0 Å². The summed E-state index contributed by atoms with van der Waals surface area (Å²) in [5.74, 6) is 0. The lowest BCUT2D eigenvalue weighted by Gasteiger charge is -2.09. The standard InChI is InChI=1S/C9H5BrF3N/c1-14-8(9(11,12)13)6-2-4-7(10)5-3-6/h2-5,8H. The summed E-state index contributed by atoms with van der Waals surface area (Å²) in [7, 11) is 0. The molecule has 0 spiro atoms. The Kier molecular flexibility index (Phi) is 3.17. The molecule has 74 valence electrons. The molecule has 1 unspecified atom stereocenters. The van der Waals surface area contributed by atoms with Crippen LogP contribution < -0.4 is 0 Å². The normalized spacial score (nSPS) is 13.4. The number of benzene rings is 1. The molecule has 1 aromatic rings. The summed E-state index contributed by atoms with van der Waals surface area (Å²) in [6, 6.07) is 3.49. The van der Waals surface area contributed by atoms with E-state index in [2.05, 4.69) is 20.8 Å². The maximum absolute atomic E-state index is 12.3. The first-order valence-corrected chi connectivity index (χ1v) is 4.43. The number of hydrogen-bond acceptors (Lipinski definition) is 0. The lowest BCUT2D eigenvalue weighted by atomic mass is 10.1. The molecule has 0 fully saturated rings. The highest BCUT2D eigenvalue weighted by Crippen LogP contribution is 2.36. The predicted molar refractivity (Wildman–Crippen MR) is 49.5 cm³/mol. The van der Waals surface area contributed by atoms with Crippen molar-refractivity contribution in [3.63, 3.8) is 0 Å². The molecule has 0 aliphatic heterocycles. The third-order valence-corrected chi connectivity index (χ3v) is 2.15. The first-order valence-electron chi connectivity index (χ1n) is 3.64. The second kappa shape index (κ2) is 4.01. The van der Waals surface area contributed by atoms with Gasteiger partial charge in [0.25, 0.3) is 0 Å². The zero-order valence-corrected chi connectivity index (χ0v) is 8.43. The van der Waals surface area contributed by atoms with E-state index in [1.807, 2.05) is 0 Å². The Balaban J connectivity index is 3.04. The summed E-state index contributed by atoms with van der Waals surface area (Å²) in [6.07, 6.45) is -4.50. The molecule has 1 atom stereocenters. The fourth-order valence-corrected chi connectivity index (χ4v) is 1.25. The van der Waals surface area contributed by atoms with E-state index >= 15 is 0 Å². The molecular formula is C9H5BrF3N. The van der Waals surface area contributed by atoms with Crippen molar-refractivity contribution in [1.29, 1.82) is 0 Å². The van der Waals surface area contributed by atoms with Crippen molar-refractivity contribution in [3.8, 4) is 0 Å². The van der Waals surface area contributed by atoms with Crippen LogP contribution in [-0.4, -0.2) is 6.18 Å². The fourth-order valence-electron chi connectivity index (χ4n) is 0.982. The van der Waals surface area contributed by atoms with Crippen LogP contribution in [0.3, 0.4) is 0 Å². The molecular weight excluding hydrogens is 259 g/mol. The zero-order chi connectivity index (χ0) is 10.8. The lowest BCUT2D eigenvalue weighted by molar-refractivity contribution is -0.140. The number of nitrogens with zero attached hydrogens (tertiary/aromatic N) is 1. The Morgan fingerprint density at radius 3 is 2.07 bits per heavy atom. The van der Waals surface area contributed by atoms with Crippen molar-refractivity contribution in [3.05, 3.63) is 45.7 Å². The predicted octanol–water partition coefficient (Wildman–Crippen LogP) is 3.97. The molecule has 5 heteroatoms. The van der Waals surface area contributed by atoms with Gasteiger partial charge < -0.3 is 0 Å². The number of halogens is 4. The van der Waals surface area contributed by atoms with Crippen molar-refractivity contribution in [1.82, 2.24) is 0 Å². The van der Waals surface area contributed by atoms with E-state index in [9.17, 15) is 13.2 Å². The van der Waals surface area contributed by atoms with Gasteiger partial charge in [-0.2, -0.15) is 13.2 Å². The van der Waals surface area contributed by atoms with Crippen molar-refractivity contribution in [2.45, 2.75) is 12.2 Å². The van der Waals surface area contributed by atoms with E-state index < -0.39 is 12.2 Å². The molecule has 0 bridgehead atoms. The lowest BCUT2D eigenvalue weighted by Crippen LogP contribution is -2.17. The molecule has 0 saturated heterocycles. The first-order chi connectivity index (χ1) is 6.45. The van der Waals surface area contributed by atoms with Crippen molar-refractivity contribution in [2.75, 3.05) is 0 Å². The highest BCUT2D eigenvalue weighted by molar-refractivity contribution is 9.10. The monoisotopic (exact) mass is 263 g/mol. The summed E-state index contributed by atoms with van der Waals surface area (Å²) in [4.78, 5) is 2.57. The van der Waals surface area contributed by atoms with Gasteiger partial charge in [0.2, 0.25) is 0 Å². The quantitative estimate of drug-likeness (QED) is 0.676. The third kappa shape index (κ3) is 2.48. The Bertz CT molecular complexity index is 350. The molecule has 0 amide bonds. The molecule has 0 aliphatic rings. The maximum atomic E-state index is 12.3. The molecule has 0 heterocycles. The van der Waals surface area contributed by atoms with Gasteiger partial charge in [-0.15, -0.1) is 0 Å². The van der Waals surface area contributed by atoms with Crippen LogP contribution in [0.15, 0.2) is 28.7 Å². The van der Waals surface area contributed by atoms with E-state index in [-0.39, 0.29) is 5.56 Å². The number of hydrogen-bond donors (Lipinski definition) is 0. The molecule has 14 heavy (non-hydrogen) atoms. The summed E-state index contributed by atoms with van der Waals surface area (Å²) in [5.41, 5.74) is -0.0318. The molecule has 0 aliphatic carbocycles. The summed E-state index contributed by atoms with van der Waals surface area (Å²) in [6.45, 7) is 6.50. The van der Waals surface area contributed by atoms with Gasteiger partial charge in [-0.05, 0) is 24.3 Å². The Morgan fingerprint density at radius 2 is 1.71 bits per heavy atom. The van der Waals surface area contributed by atoms with Crippen LogP contribution in [0.25, 0.3) is 4.85 Å². The van der Waals surface area contributed by atoms with Gasteiger partial charge in [0, 0.05) is 10.0 Å². The van der Waals surface area contributed by atoms with Gasteiger partial charge in [0.05, 0.1) is 0 Å². The van der Waals surface area contributed by atoms with E-state index in [1.165, 1.54) is 24.3 Å². The number of alkyl halides is 3. The Labute approximate surface area is 87.5 Å². The topological polar surface area (TPSA) is 4.36 Å². The molecule has 0 aromatic heterocycles. The summed E-state index contributed by atoms with van der Waals surface area (Å²) < 4.78 is 37.5. The number of rotatable bonds is 1. The Morgan fingerprint density at radius 1 is 1.21 bits per heavy atom. The Hall–Kier alpha value is -1.02. The zero-order valence-electron chi connectivity index (χ0n) is 6.85. The van der Waals surface area contributed by atoms with Crippen LogP contribution in [0.5, 0.6) is 0 Å². The van der Waals surface area contributed by atoms with Crippen LogP contribution in [0.1, 0.15) is 11.6 Å². The average molecular weight is 264 g/mol. The molecule has 0 N–H and O–H groups in total. The van der Waals surface area contributed by atoms with Gasteiger partial charge in [-0.3, -0.25) is 4.85 Å². The van der Waals surface area contributed by atoms with Crippen LogP contribution in [0.2, 0.25) is 0 Å². The average Bonchev–Trinajstić information content (AvgIpc) is 2.07. The highest BCUT2D eigenvalue weighted by Gasteiger charge is 2.46. The van der Waals surface area contributed by atoms with E-state index in [0.29, 0.717) is 4.47 Å². The molecule has 0 radical (unpaired) electrons. The summed E-state index contributed by atoms with van der Waals surface area (Å²) in [5, 5.41) is 0. The second-order valence-electron chi connectivity index (χ2n) is 2.62. The molecule has 1 aromatic carbocycles. The molecule has 0 saturated carbocycles. The first kappa shape index (κ1) is 11.1. The molecule has 1 rings (SSSR count). The minimum atomic E-state index is -4.50. The van der Waals surface area contributed by atoms with Gasteiger partial charge in [-0.1, -0.05) is 15.9 Å². The smallest absolute Gasteiger partial charge is 0.298 e. The largest absolute Gasteiger partial charge is 0.470 e. The second-order valence-corrected chi connectivity index (χ2v) is 3.54. The minimum absolute atomic E-state index is 0.0318. The van der Waals surface area contributed by atoms with Crippen LogP contribution in [0, 0.1) is 6.57 Å². The minimum Gasteiger partial charge on any atom is -0.298 e. The van der Waals surface area contributed by atoms with E-state index in [0.717, 1.165) is 0 Å².